The average molecular weight is 269 g/mol. The van der Waals surface area contributed by atoms with E-state index in [1.54, 1.807) is 22.9 Å². The van der Waals surface area contributed by atoms with Crippen LogP contribution in [0.1, 0.15) is 31.1 Å². The van der Waals surface area contributed by atoms with Crippen LogP contribution in [0, 0.1) is 5.92 Å². The van der Waals surface area contributed by atoms with Crippen LogP contribution in [-0.2, 0) is 6.54 Å². The molecular formula is C13H23N3OS. The maximum Gasteiger partial charge on any atom is 0.257 e. The minimum absolute atomic E-state index is 0.0477. The summed E-state index contributed by atoms with van der Waals surface area (Å²) in [7, 11) is 1.85. The molecule has 0 saturated heterocycles. The number of carbonyl (C=O) groups is 1. The Hall–Kier alpha value is -0.970. The summed E-state index contributed by atoms with van der Waals surface area (Å²) in [6.07, 6.45) is 5.55. The van der Waals surface area contributed by atoms with E-state index in [0.29, 0.717) is 11.5 Å². The second-order valence-corrected chi connectivity index (χ2v) is 5.98. The Kier molecular flexibility index (Phi) is 5.72. The Balaban J connectivity index is 2.69. The summed E-state index contributed by atoms with van der Waals surface area (Å²) >= 11 is 1.75. The summed E-state index contributed by atoms with van der Waals surface area (Å²) in [4.78, 5) is 14.0. The molecule has 4 nitrogen and oxygen atoms in total. The van der Waals surface area contributed by atoms with Gasteiger partial charge in [-0.05, 0) is 19.1 Å². The van der Waals surface area contributed by atoms with Gasteiger partial charge in [-0.2, -0.15) is 16.9 Å². The molecule has 102 valence electrons. The fourth-order valence-electron chi connectivity index (χ4n) is 1.70. The second-order valence-electron chi connectivity index (χ2n) is 5.07. The second kappa shape index (κ2) is 6.83. The van der Waals surface area contributed by atoms with Crippen molar-refractivity contribution in [3.8, 4) is 0 Å². The number of thioether (sulfide) groups is 1. The Morgan fingerprint density at radius 2 is 2.17 bits per heavy atom. The quantitative estimate of drug-likeness (QED) is 0.795. The minimum atomic E-state index is 0.0477. The van der Waals surface area contributed by atoms with Crippen LogP contribution in [0.5, 0.6) is 0 Å². The zero-order chi connectivity index (χ0) is 13.7. The van der Waals surface area contributed by atoms with Gasteiger partial charge in [0.2, 0.25) is 0 Å². The molecule has 0 aliphatic heterocycles. The van der Waals surface area contributed by atoms with Crippen LogP contribution >= 0.6 is 11.8 Å². The number of nitrogens with zero attached hydrogens (tertiary/aromatic N) is 3. The van der Waals surface area contributed by atoms with E-state index in [1.807, 2.05) is 17.9 Å². The van der Waals surface area contributed by atoms with E-state index in [-0.39, 0.29) is 11.9 Å². The molecule has 1 rings (SSSR count). The van der Waals surface area contributed by atoms with E-state index in [0.717, 1.165) is 12.3 Å². The van der Waals surface area contributed by atoms with Gasteiger partial charge < -0.3 is 4.90 Å². The van der Waals surface area contributed by atoms with E-state index in [4.69, 9.17) is 0 Å². The molecule has 0 spiro atoms. The van der Waals surface area contributed by atoms with Gasteiger partial charge in [0.25, 0.3) is 5.91 Å². The molecule has 0 aliphatic carbocycles. The van der Waals surface area contributed by atoms with E-state index < -0.39 is 0 Å². The van der Waals surface area contributed by atoms with Crippen LogP contribution in [0.2, 0.25) is 0 Å². The van der Waals surface area contributed by atoms with Crippen molar-refractivity contribution in [2.45, 2.75) is 33.4 Å². The molecule has 0 aliphatic rings. The van der Waals surface area contributed by atoms with Gasteiger partial charge in [-0.25, -0.2) is 0 Å². The molecule has 5 heteroatoms. The maximum atomic E-state index is 12.2. The Morgan fingerprint density at radius 3 is 2.72 bits per heavy atom. The van der Waals surface area contributed by atoms with Gasteiger partial charge in [0.15, 0.2) is 0 Å². The lowest BCUT2D eigenvalue weighted by atomic mass is 10.2. The number of hydrogen-bond donors (Lipinski definition) is 0. The van der Waals surface area contributed by atoms with Gasteiger partial charge >= 0.3 is 0 Å². The molecule has 1 heterocycles. The highest BCUT2D eigenvalue weighted by molar-refractivity contribution is 7.98. The number of aromatic nitrogens is 2. The van der Waals surface area contributed by atoms with Crippen molar-refractivity contribution >= 4 is 17.7 Å². The maximum absolute atomic E-state index is 12.2. The van der Waals surface area contributed by atoms with Crippen molar-refractivity contribution in [3.63, 3.8) is 0 Å². The van der Waals surface area contributed by atoms with Gasteiger partial charge in [-0.3, -0.25) is 9.48 Å². The van der Waals surface area contributed by atoms with Crippen molar-refractivity contribution < 1.29 is 4.79 Å². The summed E-state index contributed by atoms with van der Waals surface area (Å²) in [6, 6.07) is 0.237. The third-order valence-corrected chi connectivity index (χ3v) is 3.64. The number of rotatable bonds is 6. The Labute approximate surface area is 114 Å². The highest BCUT2D eigenvalue weighted by Crippen LogP contribution is 2.10. The normalized spacial score (nSPS) is 12.8. The van der Waals surface area contributed by atoms with Gasteiger partial charge in [0.05, 0.1) is 11.8 Å². The number of hydrogen-bond acceptors (Lipinski definition) is 3. The summed E-state index contributed by atoms with van der Waals surface area (Å²) in [6.45, 7) is 7.18. The lowest BCUT2D eigenvalue weighted by Gasteiger charge is -2.23. The van der Waals surface area contributed by atoms with Crippen molar-refractivity contribution in [3.05, 3.63) is 18.0 Å². The third kappa shape index (κ3) is 4.05. The highest BCUT2D eigenvalue weighted by atomic mass is 32.2. The van der Waals surface area contributed by atoms with Gasteiger partial charge in [0, 0.05) is 31.6 Å². The van der Waals surface area contributed by atoms with Gasteiger partial charge in [0.1, 0.15) is 0 Å². The summed E-state index contributed by atoms with van der Waals surface area (Å²) in [5.74, 6) is 1.52. The van der Waals surface area contributed by atoms with Gasteiger partial charge in [-0.1, -0.05) is 13.8 Å². The van der Waals surface area contributed by atoms with Crippen molar-refractivity contribution in [1.29, 1.82) is 0 Å². The smallest absolute Gasteiger partial charge is 0.257 e. The monoisotopic (exact) mass is 269 g/mol. The minimum Gasteiger partial charge on any atom is -0.338 e. The van der Waals surface area contributed by atoms with Crippen molar-refractivity contribution in [1.82, 2.24) is 14.7 Å². The molecule has 0 radical (unpaired) electrons. The van der Waals surface area contributed by atoms with E-state index in [9.17, 15) is 4.79 Å². The topological polar surface area (TPSA) is 38.1 Å². The molecule has 0 fully saturated rings. The predicted molar refractivity (Wildman–Crippen MR) is 77.0 cm³/mol. The SMILES string of the molecule is CSC[C@@H](C)N(C)C(=O)c1cnn(CC(C)C)c1. The van der Waals surface area contributed by atoms with Crippen LogP contribution in [0.3, 0.4) is 0 Å². The molecule has 18 heavy (non-hydrogen) atoms. The van der Waals surface area contributed by atoms with Crippen molar-refractivity contribution in [2.75, 3.05) is 19.1 Å². The van der Waals surface area contributed by atoms with E-state index in [1.165, 1.54) is 0 Å². The van der Waals surface area contributed by atoms with Crippen LogP contribution in [0.15, 0.2) is 12.4 Å². The van der Waals surface area contributed by atoms with E-state index >= 15 is 0 Å². The molecule has 0 N–H and O–H groups in total. The van der Waals surface area contributed by atoms with Crippen LogP contribution < -0.4 is 0 Å². The Bertz CT molecular complexity index is 389. The van der Waals surface area contributed by atoms with E-state index in [2.05, 4.69) is 32.1 Å². The highest BCUT2D eigenvalue weighted by Gasteiger charge is 2.18. The predicted octanol–water partition coefficient (Wildman–Crippen LogP) is 2.36. The summed E-state index contributed by atoms with van der Waals surface area (Å²) < 4.78 is 1.84. The molecule has 0 aromatic carbocycles. The first-order valence-corrected chi connectivity index (χ1v) is 7.63. The van der Waals surface area contributed by atoms with Gasteiger partial charge in [-0.15, -0.1) is 0 Å². The molecule has 1 amide bonds. The fraction of sp³-hybridized carbons (Fsp3) is 0.692. The fourth-order valence-corrected chi connectivity index (χ4v) is 2.41. The van der Waals surface area contributed by atoms with Crippen molar-refractivity contribution in [2.24, 2.45) is 5.92 Å². The average Bonchev–Trinajstić information content (AvgIpc) is 2.75. The molecule has 0 unspecified atom stereocenters. The first-order valence-electron chi connectivity index (χ1n) is 6.24. The molecule has 1 aromatic rings. The zero-order valence-corrected chi connectivity index (χ0v) is 12.7. The summed E-state index contributed by atoms with van der Waals surface area (Å²) in [5.41, 5.74) is 0.672. The lowest BCUT2D eigenvalue weighted by molar-refractivity contribution is 0.0757. The first kappa shape index (κ1) is 15.1. The molecule has 1 aromatic heterocycles. The van der Waals surface area contributed by atoms with Crippen LogP contribution in [-0.4, -0.2) is 45.7 Å². The molecule has 1 atom stereocenters. The molecular weight excluding hydrogens is 246 g/mol. The molecule has 0 bridgehead atoms. The third-order valence-electron chi connectivity index (χ3n) is 2.82. The lowest BCUT2D eigenvalue weighted by Crippen LogP contribution is -2.36. The first-order chi connectivity index (χ1) is 8.45. The van der Waals surface area contributed by atoms with Crippen LogP contribution in [0.25, 0.3) is 0 Å². The summed E-state index contributed by atoms with van der Waals surface area (Å²) in [5, 5.41) is 4.23. The largest absolute Gasteiger partial charge is 0.338 e. The Morgan fingerprint density at radius 1 is 1.50 bits per heavy atom. The zero-order valence-electron chi connectivity index (χ0n) is 11.9. The standard InChI is InChI=1S/C13H23N3OS/c1-10(2)7-16-8-12(6-14-16)13(17)15(4)11(3)9-18-5/h6,8,10-11H,7,9H2,1-5H3/t11-/m1/s1. The van der Waals surface area contributed by atoms with Crippen LogP contribution in [0.4, 0.5) is 0 Å². The number of carbonyl (C=O) groups excluding carboxylic acids is 1. The number of amides is 1. The molecule has 0 saturated carbocycles.